The molecule has 0 N–H and O–H groups in total. The minimum atomic E-state index is -0.154. The largest absolute Gasteiger partial charge is 0.457 e. The number of ether oxygens (including phenoxy) is 2. The molecule has 0 spiro atoms. The summed E-state index contributed by atoms with van der Waals surface area (Å²) in [6.07, 6.45) is 0. The molecule has 0 saturated heterocycles. The predicted molar refractivity (Wildman–Crippen MR) is 133 cm³/mol. The summed E-state index contributed by atoms with van der Waals surface area (Å²) in [5.74, 6) is 3.21. The summed E-state index contributed by atoms with van der Waals surface area (Å²) in [5.41, 5.74) is 2.27. The second-order valence-electron chi connectivity index (χ2n) is 7.87. The fraction of sp³-hybridized carbons (Fsp3) is 0.111. The lowest BCUT2D eigenvalue weighted by molar-refractivity contribution is 0.481. The third kappa shape index (κ3) is 5.27. The van der Waals surface area contributed by atoms with Gasteiger partial charge in [0, 0.05) is 15.2 Å². The molecule has 0 heterocycles. The first-order valence-corrected chi connectivity index (χ1v) is 10.9. The highest BCUT2D eigenvalue weighted by molar-refractivity contribution is 7.80. The van der Waals surface area contributed by atoms with Crippen LogP contribution < -0.4 is 9.47 Å². The second kappa shape index (κ2) is 9.13. The standard InChI is InChI=1S/C27H24O2S2/c1-27(2,19-3-7-21(8-4-19)28-23-11-15-25(30)16-12-23)20-5-9-22(10-6-20)29-24-13-17-26(31)18-14-24/h3-18,30-31H,1-2H3. The maximum Gasteiger partial charge on any atom is 0.127 e. The van der Waals surface area contributed by atoms with Crippen molar-refractivity contribution in [3.8, 4) is 23.0 Å². The topological polar surface area (TPSA) is 18.5 Å². The Labute approximate surface area is 194 Å². The number of rotatable bonds is 6. The molecule has 0 amide bonds. The molecule has 4 rings (SSSR count). The molecule has 4 heteroatoms. The smallest absolute Gasteiger partial charge is 0.127 e. The van der Waals surface area contributed by atoms with E-state index in [0.29, 0.717) is 0 Å². The van der Waals surface area contributed by atoms with Crippen LogP contribution in [-0.4, -0.2) is 0 Å². The van der Waals surface area contributed by atoms with Gasteiger partial charge in [-0.15, -0.1) is 25.3 Å². The van der Waals surface area contributed by atoms with E-state index in [2.05, 4.69) is 63.4 Å². The molecular formula is C27H24O2S2. The van der Waals surface area contributed by atoms with E-state index in [-0.39, 0.29) is 5.41 Å². The van der Waals surface area contributed by atoms with Gasteiger partial charge in [-0.2, -0.15) is 0 Å². The van der Waals surface area contributed by atoms with E-state index < -0.39 is 0 Å². The Balaban J connectivity index is 1.46. The first-order valence-electron chi connectivity index (χ1n) is 10.0. The molecule has 0 saturated carbocycles. The van der Waals surface area contributed by atoms with Crippen molar-refractivity contribution in [2.24, 2.45) is 0 Å². The highest BCUT2D eigenvalue weighted by atomic mass is 32.1. The fourth-order valence-corrected chi connectivity index (χ4v) is 3.64. The minimum Gasteiger partial charge on any atom is -0.457 e. The van der Waals surface area contributed by atoms with E-state index in [1.165, 1.54) is 11.1 Å². The molecule has 0 bridgehead atoms. The van der Waals surface area contributed by atoms with E-state index in [0.717, 1.165) is 32.8 Å². The van der Waals surface area contributed by atoms with Crippen LogP contribution in [0.15, 0.2) is 107 Å². The van der Waals surface area contributed by atoms with Crippen LogP contribution >= 0.6 is 25.3 Å². The predicted octanol–water partition coefficient (Wildman–Crippen LogP) is 8.17. The van der Waals surface area contributed by atoms with Gasteiger partial charge in [-0.3, -0.25) is 0 Å². The number of hydrogen-bond donors (Lipinski definition) is 2. The Morgan fingerprint density at radius 1 is 0.452 bits per heavy atom. The number of thiol groups is 2. The van der Waals surface area contributed by atoms with Crippen LogP contribution in [0.2, 0.25) is 0 Å². The van der Waals surface area contributed by atoms with Crippen LogP contribution in [0.1, 0.15) is 25.0 Å². The Hall–Kier alpha value is -2.82. The molecule has 0 fully saturated rings. The summed E-state index contributed by atoms with van der Waals surface area (Å²) < 4.78 is 11.9. The maximum absolute atomic E-state index is 5.93. The molecular weight excluding hydrogens is 420 g/mol. The summed E-state index contributed by atoms with van der Waals surface area (Å²) in [6.45, 7) is 4.44. The number of benzene rings is 4. The molecule has 2 nitrogen and oxygen atoms in total. The van der Waals surface area contributed by atoms with Gasteiger partial charge < -0.3 is 9.47 Å². The molecule has 0 atom stereocenters. The van der Waals surface area contributed by atoms with Gasteiger partial charge in [0.25, 0.3) is 0 Å². The summed E-state index contributed by atoms with van der Waals surface area (Å²) in [5, 5.41) is 0. The van der Waals surface area contributed by atoms with Crippen LogP contribution in [0, 0.1) is 0 Å². The van der Waals surface area contributed by atoms with E-state index in [1.54, 1.807) is 0 Å². The molecule has 4 aromatic rings. The Morgan fingerprint density at radius 2 is 0.710 bits per heavy atom. The fourth-order valence-electron chi connectivity index (χ4n) is 3.35. The van der Waals surface area contributed by atoms with Crippen molar-refractivity contribution < 1.29 is 9.47 Å². The highest BCUT2D eigenvalue weighted by Gasteiger charge is 2.23. The van der Waals surface area contributed by atoms with Gasteiger partial charge in [-0.1, -0.05) is 38.1 Å². The lowest BCUT2D eigenvalue weighted by Crippen LogP contribution is -2.18. The molecule has 0 aliphatic carbocycles. The Kier molecular flexibility index (Phi) is 6.30. The van der Waals surface area contributed by atoms with E-state index in [9.17, 15) is 0 Å². The molecule has 0 aliphatic heterocycles. The van der Waals surface area contributed by atoms with Crippen molar-refractivity contribution in [3.05, 3.63) is 108 Å². The molecule has 0 radical (unpaired) electrons. The lowest BCUT2D eigenvalue weighted by Gasteiger charge is -2.26. The monoisotopic (exact) mass is 444 g/mol. The van der Waals surface area contributed by atoms with Gasteiger partial charge in [0.2, 0.25) is 0 Å². The summed E-state index contributed by atoms with van der Waals surface area (Å²) in [6, 6.07) is 31.8. The molecule has 0 unspecified atom stereocenters. The lowest BCUT2D eigenvalue weighted by atomic mass is 9.78. The number of hydrogen-bond acceptors (Lipinski definition) is 4. The van der Waals surface area contributed by atoms with Gasteiger partial charge in [-0.05, 0) is 83.9 Å². The van der Waals surface area contributed by atoms with Crippen molar-refractivity contribution in [2.45, 2.75) is 29.1 Å². The molecule has 0 aromatic heterocycles. The third-order valence-electron chi connectivity index (χ3n) is 5.30. The summed E-state index contributed by atoms with van der Waals surface area (Å²) >= 11 is 8.61. The third-order valence-corrected chi connectivity index (χ3v) is 5.89. The zero-order valence-electron chi connectivity index (χ0n) is 17.4. The van der Waals surface area contributed by atoms with Crippen LogP contribution in [0.5, 0.6) is 23.0 Å². The Bertz CT molecular complexity index is 1040. The molecule has 31 heavy (non-hydrogen) atoms. The molecule has 156 valence electrons. The maximum atomic E-state index is 5.93. The van der Waals surface area contributed by atoms with E-state index in [1.807, 2.05) is 72.8 Å². The van der Waals surface area contributed by atoms with E-state index in [4.69, 9.17) is 9.47 Å². The average molecular weight is 445 g/mol. The first kappa shape index (κ1) is 21.4. The minimum absolute atomic E-state index is 0.154. The molecule has 0 aliphatic rings. The van der Waals surface area contributed by atoms with Gasteiger partial charge in [-0.25, -0.2) is 0 Å². The zero-order valence-corrected chi connectivity index (χ0v) is 19.2. The van der Waals surface area contributed by atoms with Crippen LogP contribution in [0.3, 0.4) is 0 Å². The van der Waals surface area contributed by atoms with Crippen molar-refractivity contribution in [3.63, 3.8) is 0 Å². The quantitative estimate of drug-likeness (QED) is 0.292. The van der Waals surface area contributed by atoms with Crippen molar-refractivity contribution in [2.75, 3.05) is 0 Å². The normalized spacial score (nSPS) is 11.2. The van der Waals surface area contributed by atoms with Crippen molar-refractivity contribution >= 4 is 25.3 Å². The summed E-state index contributed by atoms with van der Waals surface area (Å²) in [4.78, 5) is 1.83. The highest BCUT2D eigenvalue weighted by Crippen LogP contribution is 2.34. The van der Waals surface area contributed by atoms with Gasteiger partial charge >= 0.3 is 0 Å². The van der Waals surface area contributed by atoms with Crippen LogP contribution in [0.25, 0.3) is 0 Å². The second-order valence-corrected chi connectivity index (χ2v) is 8.90. The average Bonchev–Trinajstić information content (AvgIpc) is 2.78. The zero-order chi connectivity index (χ0) is 21.8. The van der Waals surface area contributed by atoms with E-state index >= 15 is 0 Å². The van der Waals surface area contributed by atoms with Crippen LogP contribution in [-0.2, 0) is 5.41 Å². The molecule has 4 aromatic carbocycles. The van der Waals surface area contributed by atoms with Gasteiger partial charge in [0.05, 0.1) is 0 Å². The summed E-state index contributed by atoms with van der Waals surface area (Å²) in [7, 11) is 0. The van der Waals surface area contributed by atoms with Crippen molar-refractivity contribution in [1.29, 1.82) is 0 Å². The van der Waals surface area contributed by atoms with Gasteiger partial charge in [0.15, 0.2) is 0 Å². The SMILES string of the molecule is CC(C)(c1ccc(Oc2ccc(S)cc2)cc1)c1ccc(Oc2ccc(S)cc2)cc1. The Morgan fingerprint density at radius 3 is 1.00 bits per heavy atom. The van der Waals surface area contributed by atoms with Gasteiger partial charge in [0.1, 0.15) is 23.0 Å². The van der Waals surface area contributed by atoms with Crippen LogP contribution in [0.4, 0.5) is 0 Å². The first-order chi connectivity index (χ1) is 14.9. The van der Waals surface area contributed by atoms with Crippen molar-refractivity contribution in [1.82, 2.24) is 0 Å².